The van der Waals surface area contributed by atoms with Crippen molar-refractivity contribution in [1.82, 2.24) is 60.8 Å². The van der Waals surface area contributed by atoms with Gasteiger partial charge in [-0.3, -0.25) is 15.0 Å². The van der Waals surface area contributed by atoms with Crippen LogP contribution in [0.25, 0.3) is 33.8 Å². The minimum atomic E-state index is 0.126. The lowest BCUT2D eigenvalue weighted by Gasteiger charge is -2.29. The number of rotatable bonds is 18. The molecule has 0 amide bonds. The molecule has 3 aliphatic carbocycles. The number of anilines is 1. The molecule has 6 aromatic heterocycles. The molecule has 3 N–H and O–H groups in total. The van der Waals surface area contributed by atoms with Crippen LogP contribution >= 0.6 is 0 Å². The van der Waals surface area contributed by atoms with Crippen LogP contribution in [0.1, 0.15) is 129 Å². The molecule has 0 bridgehead atoms. The minimum Gasteiger partial charge on any atom is -0.378 e. The van der Waals surface area contributed by atoms with Gasteiger partial charge in [0, 0.05) is 133 Å². The molecule has 93 heavy (non-hydrogen) atoms. The van der Waals surface area contributed by atoms with E-state index in [1.165, 1.54) is 27.8 Å². The first kappa shape index (κ1) is 63.5. The maximum Gasteiger partial charge on any atom is 0.174 e. The first-order chi connectivity index (χ1) is 45.6. The smallest absolute Gasteiger partial charge is 0.174 e. The number of ether oxygens (including phenoxy) is 1. The molecule has 1 aliphatic heterocycles. The van der Waals surface area contributed by atoms with Gasteiger partial charge in [0.1, 0.15) is 0 Å². The van der Waals surface area contributed by atoms with Gasteiger partial charge in [-0.15, -0.1) is 6.58 Å². The largest absolute Gasteiger partial charge is 0.378 e. The molecule has 14 nitrogen and oxygen atoms in total. The second-order valence-corrected chi connectivity index (χ2v) is 22.9. The quantitative estimate of drug-likeness (QED) is 0.0695. The molecule has 0 saturated carbocycles. The Morgan fingerprint density at radius 1 is 0.441 bits per heavy atom. The first-order valence-corrected chi connectivity index (χ1v) is 31.5. The van der Waals surface area contributed by atoms with Gasteiger partial charge in [0.25, 0.3) is 0 Å². The summed E-state index contributed by atoms with van der Waals surface area (Å²) >= 11 is 0. The average molecular weight is 1220 g/mol. The number of fused-ring (bicyclic) bond motifs is 3. The van der Waals surface area contributed by atoms with Crippen molar-refractivity contribution in [3.05, 3.63) is 348 Å². The highest BCUT2D eigenvalue weighted by molar-refractivity contribution is 5.86. The third-order valence-electron chi connectivity index (χ3n) is 16.4. The van der Waals surface area contributed by atoms with E-state index in [-0.39, 0.29) is 18.1 Å². The van der Waals surface area contributed by atoms with Crippen LogP contribution in [0.3, 0.4) is 0 Å². The number of hydrogen-bond donors (Lipinski definition) is 3. The molecule has 4 aliphatic rings. The molecule has 14 heteroatoms. The topological polar surface area (TPSA) is 165 Å². The Bertz CT molecular complexity index is 4240. The number of nitrogens with zero attached hydrogens (tertiary/aromatic N) is 10. The maximum atomic E-state index is 5.48. The van der Waals surface area contributed by atoms with Crippen LogP contribution in [0.15, 0.2) is 258 Å². The predicted molar refractivity (Wildman–Crippen MR) is 376 cm³/mol. The molecule has 3 atom stereocenters. The highest BCUT2D eigenvalue weighted by Crippen LogP contribution is 2.36. The zero-order chi connectivity index (χ0) is 64.3. The summed E-state index contributed by atoms with van der Waals surface area (Å²) in [7, 11) is 0. The van der Waals surface area contributed by atoms with Crippen LogP contribution < -0.4 is 20.9 Å². The Labute approximate surface area is 546 Å². The summed E-state index contributed by atoms with van der Waals surface area (Å²) in [6.07, 6.45) is 28.8. The van der Waals surface area contributed by atoms with Gasteiger partial charge in [-0.25, -0.2) is 29.9 Å². The number of pyridine rings is 3. The van der Waals surface area contributed by atoms with E-state index in [1.54, 1.807) is 0 Å². The standard InChI is InChI=1S/C26H27N5O.C25H24N4.C22H20N4.C6H6/c1-18(20-6-4-3-5-7-20)30-19(2)26-28-15-21(16-29-26)23-8-9-25-24(23)14-22(17-27-25)31-10-12-32-13-11-31;1-4-8-19-13-23-22(11-12-24(23)26-14-19)21-15-27-25(28-16-21)18(3)29-17(2)20-9-6-5-7-10-20;1-15(17-7-4-3-5-8-17)26-16(2)22-24-13-18(14-25-22)19-10-11-21-20(19)9-6-12-23-21;1-2-4-6-5-3-1/h3-8,14-18,30H,2,9-13H2,1H3;4-7,9-11,13-17,29H,1,3,8,12H2,2H3;3-10,12-15,26H,2,11H2,1H3;1-6H/t18-;17-;15-;/m000./s1. The van der Waals surface area contributed by atoms with Gasteiger partial charge in [0.2, 0.25) is 0 Å². The van der Waals surface area contributed by atoms with E-state index in [4.69, 9.17) is 9.72 Å². The molecule has 0 unspecified atom stereocenters. The molecule has 0 spiro atoms. The van der Waals surface area contributed by atoms with Crippen molar-refractivity contribution in [2.75, 3.05) is 31.2 Å². The van der Waals surface area contributed by atoms with Gasteiger partial charge < -0.3 is 25.6 Å². The van der Waals surface area contributed by atoms with Gasteiger partial charge >= 0.3 is 0 Å². The third kappa shape index (κ3) is 16.3. The summed E-state index contributed by atoms with van der Waals surface area (Å²) in [4.78, 5) is 43.4. The van der Waals surface area contributed by atoms with Gasteiger partial charge in [-0.2, -0.15) is 0 Å². The summed E-state index contributed by atoms with van der Waals surface area (Å²) in [5.74, 6) is 1.82. The summed E-state index contributed by atoms with van der Waals surface area (Å²) < 4.78 is 5.48. The average Bonchev–Trinajstić information content (AvgIpc) is 1.80. The highest BCUT2D eigenvalue weighted by atomic mass is 16.5. The highest BCUT2D eigenvalue weighted by Gasteiger charge is 2.23. The molecule has 4 aromatic carbocycles. The summed E-state index contributed by atoms with van der Waals surface area (Å²) in [5.41, 5.74) is 21.3. The van der Waals surface area contributed by atoms with E-state index in [9.17, 15) is 0 Å². The van der Waals surface area contributed by atoms with Crippen LogP contribution in [0, 0.1) is 0 Å². The second kappa shape index (κ2) is 31.1. The zero-order valence-electron chi connectivity index (χ0n) is 53.0. The van der Waals surface area contributed by atoms with Crippen molar-refractivity contribution < 1.29 is 4.74 Å². The molecule has 464 valence electrons. The first-order valence-electron chi connectivity index (χ1n) is 31.5. The summed E-state index contributed by atoms with van der Waals surface area (Å²) in [6.45, 7) is 25.8. The van der Waals surface area contributed by atoms with E-state index in [1.807, 2.05) is 159 Å². The van der Waals surface area contributed by atoms with Crippen LogP contribution in [0.5, 0.6) is 0 Å². The Hall–Kier alpha value is -11.1. The predicted octanol–water partition coefficient (Wildman–Crippen LogP) is 14.8. The van der Waals surface area contributed by atoms with E-state index < -0.39 is 0 Å². The fraction of sp³-hybridized carbons (Fsp3) is 0.177. The van der Waals surface area contributed by atoms with Crippen LogP contribution in [0.4, 0.5) is 5.69 Å². The molecule has 0 radical (unpaired) electrons. The molecule has 14 rings (SSSR count). The Morgan fingerprint density at radius 2 is 0.806 bits per heavy atom. The Kier molecular flexibility index (Phi) is 21.2. The Balaban J connectivity index is 0.000000137. The monoisotopic (exact) mass is 1220 g/mol. The van der Waals surface area contributed by atoms with Crippen LogP contribution in [-0.4, -0.2) is 71.2 Å². The third-order valence-corrected chi connectivity index (χ3v) is 16.4. The lowest BCUT2D eigenvalue weighted by Crippen LogP contribution is -2.36. The summed E-state index contributed by atoms with van der Waals surface area (Å²) in [5, 5.41) is 10.2. The van der Waals surface area contributed by atoms with Gasteiger partial charge in [-0.1, -0.05) is 178 Å². The number of nitrogens with one attached hydrogen (secondary N) is 3. The lowest BCUT2D eigenvalue weighted by molar-refractivity contribution is 0.122. The molecular weight excluding hydrogens is 1150 g/mol. The fourth-order valence-corrected chi connectivity index (χ4v) is 11.4. The van der Waals surface area contributed by atoms with E-state index >= 15 is 0 Å². The molecule has 10 aromatic rings. The number of allylic oxidation sites excluding steroid dienone is 4. The van der Waals surface area contributed by atoms with Crippen molar-refractivity contribution in [3.63, 3.8) is 0 Å². The maximum absolute atomic E-state index is 5.48. The van der Waals surface area contributed by atoms with Crippen molar-refractivity contribution >= 4 is 39.5 Å². The van der Waals surface area contributed by atoms with Crippen molar-refractivity contribution in [2.45, 2.75) is 64.6 Å². The minimum absolute atomic E-state index is 0.126. The number of morpholine rings is 1. The normalized spacial score (nSPS) is 14.1. The summed E-state index contributed by atoms with van der Waals surface area (Å²) in [6, 6.07) is 51.7. The van der Waals surface area contributed by atoms with Crippen LogP contribution in [0.2, 0.25) is 0 Å². The fourth-order valence-electron chi connectivity index (χ4n) is 11.4. The Morgan fingerprint density at radius 3 is 1.22 bits per heavy atom. The second-order valence-electron chi connectivity index (χ2n) is 22.9. The van der Waals surface area contributed by atoms with E-state index in [2.05, 4.69) is 181 Å². The van der Waals surface area contributed by atoms with Crippen LogP contribution in [-0.2, 0) is 30.4 Å². The van der Waals surface area contributed by atoms with Gasteiger partial charge in [0.05, 0.1) is 59.3 Å². The lowest BCUT2D eigenvalue weighted by atomic mass is 10.0. The van der Waals surface area contributed by atoms with Crippen molar-refractivity contribution in [2.24, 2.45) is 0 Å². The van der Waals surface area contributed by atoms with Crippen molar-refractivity contribution in [3.8, 4) is 0 Å². The number of hydrogen-bond acceptors (Lipinski definition) is 14. The number of benzene rings is 4. The molecular formula is C79H77N13O. The van der Waals surface area contributed by atoms with E-state index in [0.717, 1.165) is 125 Å². The van der Waals surface area contributed by atoms with E-state index in [0.29, 0.717) is 28.9 Å². The van der Waals surface area contributed by atoms with Crippen molar-refractivity contribution in [1.29, 1.82) is 0 Å². The zero-order valence-corrected chi connectivity index (χ0v) is 53.0. The van der Waals surface area contributed by atoms with Gasteiger partial charge in [-0.05, 0) is 84.4 Å². The molecule has 1 fully saturated rings. The molecule has 1 saturated heterocycles. The number of aromatic nitrogens is 9. The van der Waals surface area contributed by atoms with Gasteiger partial charge in [0.15, 0.2) is 17.5 Å². The SMILES string of the molecule is C=C(N[C@@H](C)c1ccccc1)c1ncc(C2=CCc3ncc(N4CCOCC4)cc32)cn1.C=C(N[C@@H](C)c1ccccc1)c1ncc(C2=CCc3ncccc32)cn1.C=CCc1cnc2c(c1)C(c1cnc(C(=C)N[C@@H](C)c3ccccc3)nc1)=CC2.c1ccccc1. The molecule has 7 heterocycles.